The molecule has 0 radical (unpaired) electrons. The predicted molar refractivity (Wildman–Crippen MR) is 109 cm³/mol. The van der Waals surface area contributed by atoms with E-state index >= 15 is 0 Å². The number of aromatic nitrogens is 3. The lowest BCUT2D eigenvalue weighted by molar-refractivity contribution is 0.0703. The number of carbonyl (C=O) groups excluding carboxylic acids is 1. The lowest BCUT2D eigenvalue weighted by Crippen LogP contribution is -2.27. The fourth-order valence-electron chi connectivity index (χ4n) is 3.60. The number of alkyl halides is 2. The summed E-state index contributed by atoms with van der Waals surface area (Å²) in [4.78, 5) is 19.0. The average molecular weight is 439 g/mol. The molecule has 3 aromatic rings. The van der Waals surface area contributed by atoms with Crippen molar-refractivity contribution in [2.45, 2.75) is 26.4 Å². The summed E-state index contributed by atoms with van der Waals surface area (Å²) >= 11 is 0. The van der Waals surface area contributed by atoms with Gasteiger partial charge in [0.05, 0.1) is 30.6 Å². The summed E-state index contributed by atoms with van der Waals surface area (Å²) in [5.74, 6) is -0.563. The first kappa shape index (κ1) is 21.2. The van der Waals surface area contributed by atoms with E-state index in [-0.39, 0.29) is 35.7 Å². The number of aryl methyl sites for hydroxylation is 1. The molecule has 0 fully saturated rings. The van der Waals surface area contributed by atoms with E-state index in [0.717, 1.165) is 22.6 Å². The molecule has 8 nitrogen and oxygen atoms in total. The molecule has 0 N–H and O–H groups in total. The highest BCUT2D eigenvalue weighted by Crippen LogP contribution is 2.35. The average Bonchev–Trinajstić information content (AvgIpc) is 3.36. The second-order valence-electron chi connectivity index (χ2n) is 7.20. The maximum absolute atomic E-state index is 13.4. The van der Waals surface area contributed by atoms with Gasteiger partial charge in [-0.3, -0.25) is 9.78 Å². The number of pyridine rings is 1. The Kier molecular flexibility index (Phi) is 5.73. The van der Waals surface area contributed by atoms with E-state index in [1.54, 1.807) is 10.9 Å². The zero-order chi connectivity index (χ0) is 22.8. The Morgan fingerprint density at radius 3 is 2.78 bits per heavy atom. The summed E-state index contributed by atoms with van der Waals surface area (Å²) < 4.78 is 37.6. The number of hydrogen-bond donors (Lipinski definition) is 0. The van der Waals surface area contributed by atoms with E-state index in [1.165, 1.54) is 24.1 Å². The van der Waals surface area contributed by atoms with Crippen molar-refractivity contribution in [2.75, 3.05) is 13.7 Å². The Hall–Kier alpha value is -4.00. The maximum atomic E-state index is 13.4. The highest BCUT2D eigenvalue weighted by molar-refractivity contribution is 6.00. The third kappa shape index (κ3) is 3.97. The highest BCUT2D eigenvalue weighted by atomic mass is 19.3. The van der Waals surface area contributed by atoms with Gasteiger partial charge in [0.25, 0.3) is 12.3 Å². The van der Waals surface area contributed by atoms with Crippen LogP contribution in [0.4, 0.5) is 8.78 Å². The van der Waals surface area contributed by atoms with Gasteiger partial charge < -0.3 is 14.4 Å². The number of halogens is 2. The Labute approximate surface area is 182 Å². The molecule has 0 spiro atoms. The lowest BCUT2D eigenvalue weighted by atomic mass is 10.1. The Morgan fingerprint density at radius 1 is 1.31 bits per heavy atom. The monoisotopic (exact) mass is 439 g/mol. The molecule has 2 aromatic heterocycles. The summed E-state index contributed by atoms with van der Waals surface area (Å²) in [6.07, 6.45) is 0.824. The summed E-state index contributed by atoms with van der Waals surface area (Å²) in [6, 6.07) is 8.38. The molecule has 0 aliphatic carbocycles. The molecule has 0 unspecified atom stereocenters. The van der Waals surface area contributed by atoms with E-state index in [9.17, 15) is 18.8 Å². The van der Waals surface area contributed by atoms with Crippen molar-refractivity contribution in [3.05, 3.63) is 64.7 Å². The molecule has 32 heavy (non-hydrogen) atoms. The number of nitrogens with zero attached hydrogens (tertiary/aromatic N) is 5. The summed E-state index contributed by atoms with van der Waals surface area (Å²) in [5, 5.41) is 13.9. The summed E-state index contributed by atoms with van der Waals surface area (Å²) in [7, 11) is 1.31. The third-order valence-corrected chi connectivity index (χ3v) is 5.03. The summed E-state index contributed by atoms with van der Waals surface area (Å²) in [5.41, 5.74) is 3.34. The van der Waals surface area contributed by atoms with Crippen LogP contribution in [-0.4, -0.2) is 45.7 Å². The van der Waals surface area contributed by atoms with Crippen LogP contribution in [0.15, 0.2) is 36.7 Å². The normalized spacial score (nSPS) is 12.6. The van der Waals surface area contributed by atoms with Crippen LogP contribution in [0.1, 0.15) is 32.9 Å². The van der Waals surface area contributed by atoms with Gasteiger partial charge in [-0.15, -0.1) is 0 Å². The number of carbonyl (C=O) groups is 1. The minimum Gasteiger partial charge on any atom is -0.494 e. The molecule has 0 saturated carbocycles. The molecule has 1 aliphatic rings. The Morgan fingerprint density at radius 2 is 2.12 bits per heavy atom. The number of methoxy groups -OCH3 is 1. The number of nitriles is 1. The molecular formula is C22H19F2N5O3. The fourth-order valence-corrected chi connectivity index (χ4v) is 3.60. The quantitative estimate of drug-likeness (QED) is 0.585. The first-order valence-corrected chi connectivity index (χ1v) is 9.73. The van der Waals surface area contributed by atoms with Gasteiger partial charge in [0.15, 0.2) is 5.75 Å². The first-order valence-electron chi connectivity index (χ1n) is 9.73. The van der Waals surface area contributed by atoms with E-state index in [2.05, 4.69) is 10.1 Å². The van der Waals surface area contributed by atoms with Crippen molar-refractivity contribution >= 4 is 5.91 Å². The number of amides is 1. The van der Waals surface area contributed by atoms with Gasteiger partial charge in [0.2, 0.25) is 0 Å². The lowest BCUT2D eigenvalue weighted by Gasteiger charge is -2.21. The zero-order valence-electron chi connectivity index (χ0n) is 17.4. The second-order valence-corrected chi connectivity index (χ2v) is 7.20. The second kappa shape index (κ2) is 8.63. The molecule has 1 aliphatic heterocycles. The molecule has 10 heteroatoms. The molecule has 0 saturated heterocycles. The van der Waals surface area contributed by atoms with Gasteiger partial charge >= 0.3 is 0 Å². The van der Waals surface area contributed by atoms with Crippen molar-refractivity contribution in [1.29, 1.82) is 5.26 Å². The number of hydrogen-bond acceptors (Lipinski definition) is 6. The topological polar surface area (TPSA) is 93.3 Å². The molecule has 0 atom stereocenters. The van der Waals surface area contributed by atoms with Gasteiger partial charge in [0.1, 0.15) is 24.0 Å². The van der Waals surface area contributed by atoms with Gasteiger partial charge in [-0.05, 0) is 31.2 Å². The van der Waals surface area contributed by atoms with Crippen molar-refractivity contribution < 1.29 is 23.0 Å². The summed E-state index contributed by atoms with van der Waals surface area (Å²) in [6.45, 7) is 1.50. The molecule has 3 heterocycles. The van der Waals surface area contributed by atoms with Crippen molar-refractivity contribution in [3.63, 3.8) is 0 Å². The molecule has 0 bridgehead atoms. The minimum atomic E-state index is -2.71. The Bertz CT molecular complexity index is 1200. The van der Waals surface area contributed by atoms with Gasteiger partial charge in [-0.1, -0.05) is 0 Å². The van der Waals surface area contributed by atoms with E-state index in [0.29, 0.717) is 0 Å². The van der Waals surface area contributed by atoms with Gasteiger partial charge in [-0.25, -0.2) is 13.5 Å². The van der Waals surface area contributed by atoms with Crippen LogP contribution in [-0.2, 0) is 13.1 Å². The van der Waals surface area contributed by atoms with E-state index < -0.39 is 18.9 Å². The number of benzene rings is 1. The highest BCUT2D eigenvalue weighted by Gasteiger charge is 2.32. The SMILES string of the molecule is COc1c(C#N)ccc(OCC(F)F)c1C(=O)N1Cc2cn(-c3ccnc(C)c3)nc2C1. The first-order chi connectivity index (χ1) is 15.4. The number of fused-ring (bicyclic) bond motifs is 1. The van der Waals surface area contributed by atoms with Gasteiger partial charge in [-0.2, -0.15) is 10.4 Å². The van der Waals surface area contributed by atoms with Crippen LogP contribution < -0.4 is 9.47 Å². The fraction of sp³-hybridized carbons (Fsp3) is 0.273. The van der Waals surface area contributed by atoms with E-state index in [4.69, 9.17) is 9.47 Å². The smallest absolute Gasteiger partial charge is 0.272 e. The molecule has 164 valence electrons. The standard InChI is InChI=1S/C22H19F2N5O3/c1-13-7-16(5-6-26-13)29-10-15-9-28(11-17(15)27-29)22(30)20-18(32-12-19(23)24)4-3-14(8-25)21(20)31-2/h3-7,10,19H,9,11-12H2,1-2H3. The van der Waals surface area contributed by atoms with Crippen LogP contribution in [0.25, 0.3) is 5.69 Å². The number of ether oxygens (including phenoxy) is 2. The van der Waals surface area contributed by atoms with Crippen LogP contribution in [0, 0.1) is 18.3 Å². The Balaban J connectivity index is 1.62. The van der Waals surface area contributed by atoms with Crippen LogP contribution in [0.2, 0.25) is 0 Å². The largest absolute Gasteiger partial charge is 0.494 e. The number of rotatable bonds is 6. The minimum absolute atomic E-state index is 0.00821. The zero-order valence-corrected chi connectivity index (χ0v) is 17.4. The molecular weight excluding hydrogens is 420 g/mol. The van der Waals surface area contributed by atoms with Crippen LogP contribution in [0.3, 0.4) is 0 Å². The molecule has 1 amide bonds. The maximum Gasteiger partial charge on any atom is 0.272 e. The van der Waals surface area contributed by atoms with E-state index in [1.807, 2.05) is 31.3 Å². The van der Waals surface area contributed by atoms with Crippen LogP contribution >= 0.6 is 0 Å². The van der Waals surface area contributed by atoms with Crippen molar-refractivity contribution in [3.8, 4) is 23.3 Å². The molecule has 4 rings (SSSR count). The van der Waals surface area contributed by atoms with Crippen LogP contribution in [0.5, 0.6) is 11.5 Å². The third-order valence-electron chi connectivity index (χ3n) is 5.03. The van der Waals surface area contributed by atoms with Gasteiger partial charge in [0, 0.05) is 30.2 Å². The molecule has 1 aromatic carbocycles. The van der Waals surface area contributed by atoms with Crippen molar-refractivity contribution in [2.24, 2.45) is 0 Å². The van der Waals surface area contributed by atoms with Crippen molar-refractivity contribution in [1.82, 2.24) is 19.7 Å². The predicted octanol–water partition coefficient (Wildman–Crippen LogP) is 3.26.